The number of hydrogen-bond acceptors (Lipinski definition) is 4. The number of carbonyl (C=O) groups excluding carboxylic acids is 1. The van der Waals surface area contributed by atoms with Gasteiger partial charge in [-0.05, 0) is 30.3 Å². The van der Waals surface area contributed by atoms with Crippen LogP contribution < -0.4 is 15.0 Å². The number of halogens is 1. The monoisotopic (exact) mass is 316 g/mol. The lowest BCUT2D eigenvalue weighted by atomic mass is 10.1. The maximum Gasteiger partial charge on any atom is 0.335 e. The summed E-state index contributed by atoms with van der Waals surface area (Å²) in [5.74, 6) is -1.70. The zero-order valence-corrected chi connectivity index (χ0v) is 12.2. The van der Waals surface area contributed by atoms with E-state index in [1.165, 1.54) is 35.2 Å². The second-order valence-electron chi connectivity index (χ2n) is 4.94. The van der Waals surface area contributed by atoms with Gasteiger partial charge in [-0.1, -0.05) is 0 Å². The maximum atomic E-state index is 13.9. The van der Waals surface area contributed by atoms with Crippen molar-refractivity contribution in [1.82, 2.24) is 0 Å². The summed E-state index contributed by atoms with van der Waals surface area (Å²) in [6.07, 6.45) is 0. The predicted molar refractivity (Wildman–Crippen MR) is 81.7 cm³/mol. The summed E-state index contributed by atoms with van der Waals surface area (Å²) in [7, 11) is 1.58. The van der Waals surface area contributed by atoms with Gasteiger partial charge in [-0.25, -0.2) is 9.18 Å². The first kappa shape index (κ1) is 14.8. The molecule has 118 valence electrons. The third-order valence-corrected chi connectivity index (χ3v) is 3.59. The van der Waals surface area contributed by atoms with E-state index in [0.29, 0.717) is 11.4 Å². The van der Waals surface area contributed by atoms with Gasteiger partial charge in [-0.2, -0.15) is 0 Å². The van der Waals surface area contributed by atoms with Gasteiger partial charge in [0.05, 0.1) is 16.8 Å². The summed E-state index contributed by atoms with van der Waals surface area (Å²) in [5.41, 5.74) is 0.957. The van der Waals surface area contributed by atoms with Crippen LogP contribution in [0.25, 0.3) is 0 Å². The number of benzene rings is 2. The number of rotatable bonds is 3. The predicted octanol–water partition coefficient (Wildman–Crippen LogP) is 2.56. The van der Waals surface area contributed by atoms with Gasteiger partial charge >= 0.3 is 5.97 Å². The van der Waals surface area contributed by atoms with Crippen molar-refractivity contribution in [2.75, 3.05) is 24.0 Å². The van der Waals surface area contributed by atoms with E-state index < -0.39 is 17.7 Å². The van der Waals surface area contributed by atoms with E-state index in [2.05, 4.69) is 5.32 Å². The molecule has 1 amide bonds. The minimum Gasteiger partial charge on any atom is -0.478 e. The third-order valence-electron chi connectivity index (χ3n) is 3.59. The number of fused-ring (bicyclic) bond motifs is 1. The molecule has 3 rings (SSSR count). The lowest BCUT2D eigenvalue weighted by Crippen LogP contribution is -2.38. The molecule has 0 saturated carbocycles. The number of aromatic carboxylic acids is 1. The smallest absolute Gasteiger partial charge is 0.335 e. The van der Waals surface area contributed by atoms with Crippen molar-refractivity contribution in [3.63, 3.8) is 0 Å². The van der Waals surface area contributed by atoms with Gasteiger partial charge in [0.25, 0.3) is 5.91 Å². The number of ether oxygens (including phenoxy) is 1. The summed E-state index contributed by atoms with van der Waals surface area (Å²) < 4.78 is 19.4. The Kier molecular flexibility index (Phi) is 3.61. The lowest BCUT2D eigenvalue weighted by molar-refractivity contribution is 0.0696. The van der Waals surface area contributed by atoms with Crippen molar-refractivity contribution in [1.29, 1.82) is 0 Å². The van der Waals surface area contributed by atoms with Crippen LogP contribution in [-0.2, 0) is 0 Å². The van der Waals surface area contributed by atoms with Crippen LogP contribution in [0.2, 0.25) is 0 Å². The molecular formula is C16H13FN2O4. The maximum absolute atomic E-state index is 13.9. The van der Waals surface area contributed by atoms with Crippen LogP contribution in [0.1, 0.15) is 20.7 Å². The average molecular weight is 316 g/mol. The Balaban J connectivity index is 1.94. The van der Waals surface area contributed by atoms with Gasteiger partial charge in [0.15, 0.2) is 6.73 Å². The van der Waals surface area contributed by atoms with Crippen molar-refractivity contribution in [3.05, 3.63) is 53.3 Å². The van der Waals surface area contributed by atoms with Gasteiger partial charge in [-0.3, -0.25) is 9.69 Å². The van der Waals surface area contributed by atoms with E-state index >= 15 is 0 Å². The van der Waals surface area contributed by atoms with Crippen LogP contribution in [0.4, 0.5) is 15.8 Å². The molecule has 0 radical (unpaired) electrons. The number of carbonyl (C=O) groups is 2. The van der Waals surface area contributed by atoms with Gasteiger partial charge in [0, 0.05) is 18.8 Å². The average Bonchev–Trinajstić information content (AvgIpc) is 2.55. The Morgan fingerprint density at radius 1 is 1.30 bits per heavy atom. The number of carboxylic acid groups (broad SMARTS) is 1. The third kappa shape index (κ3) is 2.57. The highest BCUT2D eigenvalue weighted by Crippen LogP contribution is 2.32. The van der Waals surface area contributed by atoms with Crippen LogP contribution in [0, 0.1) is 5.82 Å². The number of nitrogens with zero attached hydrogens (tertiary/aromatic N) is 1. The zero-order valence-electron chi connectivity index (χ0n) is 12.2. The van der Waals surface area contributed by atoms with Gasteiger partial charge in [0.1, 0.15) is 11.6 Å². The molecule has 23 heavy (non-hydrogen) atoms. The molecule has 0 saturated heterocycles. The fourth-order valence-electron chi connectivity index (χ4n) is 2.35. The van der Waals surface area contributed by atoms with Gasteiger partial charge < -0.3 is 15.2 Å². The molecule has 6 nitrogen and oxygen atoms in total. The van der Waals surface area contributed by atoms with Crippen molar-refractivity contribution >= 4 is 23.3 Å². The molecule has 0 aliphatic carbocycles. The Bertz CT molecular complexity index is 789. The molecular weight excluding hydrogens is 303 g/mol. The van der Waals surface area contributed by atoms with Crippen LogP contribution in [0.3, 0.4) is 0 Å². The number of carboxylic acids is 1. The van der Waals surface area contributed by atoms with E-state index in [9.17, 15) is 14.0 Å². The Morgan fingerprint density at radius 3 is 2.61 bits per heavy atom. The summed E-state index contributed by atoms with van der Waals surface area (Å²) >= 11 is 0. The molecule has 2 N–H and O–H groups in total. The van der Waals surface area contributed by atoms with Crippen LogP contribution in [-0.4, -0.2) is 30.8 Å². The van der Waals surface area contributed by atoms with Gasteiger partial charge in [0.2, 0.25) is 0 Å². The van der Waals surface area contributed by atoms with Crippen LogP contribution >= 0.6 is 0 Å². The Labute approximate surface area is 131 Å². The van der Waals surface area contributed by atoms with Crippen molar-refractivity contribution < 1.29 is 23.8 Å². The minimum atomic E-state index is -1.05. The molecule has 0 fully saturated rings. The molecule has 1 heterocycles. The van der Waals surface area contributed by atoms with Crippen LogP contribution in [0.5, 0.6) is 5.75 Å². The molecule has 0 spiro atoms. The van der Waals surface area contributed by atoms with Crippen molar-refractivity contribution in [2.45, 2.75) is 0 Å². The number of nitrogens with one attached hydrogen (secondary N) is 1. The van der Waals surface area contributed by atoms with E-state index in [-0.39, 0.29) is 23.5 Å². The summed E-state index contributed by atoms with van der Waals surface area (Å²) in [5, 5.41) is 11.6. The Hall–Kier alpha value is -3.09. The molecule has 0 atom stereocenters. The summed E-state index contributed by atoms with van der Waals surface area (Å²) in [6, 6.07) is 8.37. The zero-order chi connectivity index (χ0) is 16.6. The van der Waals surface area contributed by atoms with E-state index in [1.54, 1.807) is 7.05 Å². The topological polar surface area (TPSA) is 78.9 Å². The highest BCUT2D eigenvalue weighted by atomic mass is 19.1. The van der Waals surface area contributed by atoms with E-state index in [0.717, 1.165) is 6.07 Å². The van der Waals surface area contributed by atoms with E-state index in [1.807, 2.05) is 0 Å². The molecule has 1 aliphatic heterocycles. The molecule has 0 bridgehead atoms. The first-order chi connectivity index (χ1) is 11.0. The second kappa shape index (κ2) is 5.60. The fourth-order valence-corrected chi connectivity index (χ4v) is 2.35. The first-order valence-corrected chi connectivity index (χ1v) is 6.80. The highest BCUT2D eigenvalue weighted by molar-refractivity contribution is 6.09. The highest BCUT2D eigenvalue weighted by Gasteiger charge is 2.28. The fraction of sp³-hybridized carbons (Fsp3) is 0.125. The number of hydrogen-bond donors (Lipinski definition) is 2. The standard InChI is InChI=1S/C16H13FN2O4/c1-18-13-7-14-11(6-12(13)17)15(20)19(8-23-14)10-4-2-9(3-5-10)16(21)22/h2-7,18H,8H2,1H3,(H,21,22). The van der Waals surface area contributed by atoms with Gasteiger partial charge in [-0.15, -0.1) is 0 Å². The number of amides is 1. The summed E-state index contributed by atoms with van der Waals surface area (Å²) in [6.45, 7) is -0.0347. The normalized spacial score (nSPS) is 13.3. The molecule has 7 heteroatoms. The Morgan fingerprint density at radius 2 is 2.00 bits per heavy atom. The van der Waals surface area contributed by atoms with Crippen molar-refractivity contribution in [2.24, 2.45) is 0 Å². The summed E-state index contributed by atoms with van der Waals surface area (Å²) in [4.78, 5) is 24.7. The molecule has 2 aromatic carbocycles. The SMILES string of the molecule is CNc1cc2c(cc1F)C(=O)N(c1ccc(C(=O)O)cc1)CO2. The quantitative estimate of drug-likeness (QED) is 0.910. The van der Waals surface area contributed by atoms with E-state index in [4.69, 9.17) is 9.84 Å². The van der Waals surface area contributed by atoms with Crippen molar-refractivity contribution in [3.8, 4) is 5.75 Å². The van der Waals surface area contributed by atoms with Crippen LogP contribution in [0.15, 0.2) is 36.4 Å². The lowest BCUT2D eigenvalue weighted by Gasteiger charge is -2.29. The number of anilines is 2. The largest absolute Gasteiger partial charge is 0.478 e. The molecule has 2 aromatic rings. The molecule has 1 aliphatic rings. The molecule has 0 unspecified atom stereocenters. The minimum absolute atomic E-state index is 0.0347. The first-order valence-electron chi connectivity index (χ1n) is 6.80. The second-order valence-corrected chi connectivity index (χ2v) is 4.94. The molecule has 0 aromatic heterocycles.